The van der Waals surface area contributed by atoms with Crippen LogP contribution in [-0.2, 0) is 14.3 Å². The zero-order chi connectivity index (χ0) is 22.5. The highest BCUT2D eigenvalue weighted by Gasteiger charge is 2.33. The number of amides is 2. The van der Waals surface area contributed by atoms with E-state index < -0.39 is 12.1 Å². The molecule has 7 heteroatoms. The van der Waals surface area contributed by atoms with Crippen LogP contribution < -0.4 is 10.6 Å². The second-order valence-electron chi connectivity index (χ2n) is 8.40. The van der Waals surface area contributed by atoms with Gasteiger partial charge in [-0.15, -0.1) is 0 Å². The molecule has 0 saturated heterocycles. The maximum absolute atomic E-state index is 12.6. The maximum Gasteiger partial charge on any atom is 0.407 e. The van der Waals surface area contributed by atoms with Crippen LogP contribution in [0, 0.1) is 5.92 Å². The van der Waals surface area contributed by atoms with E-state index in [2.05, 4.69) is 34.9 Å². The second-order valence-corrected chi connectivity index (χ2v) is 8.40. The van der Waals surface area contributed by atoms with Gasteiger partial charge >= 0.3 is 12.1 Å². The van der Waals surface area contributed by atoms with Gasteiger partial charge in [-0.3, -0.25) is 9.59 Å². The van der Waals surface area contributed by atoms with Crippen molar-refractivity contribution >= 4 is 18.0 Å². The molecule has 0 spiro atoms. The number of carbonyl (C=O) groups is 3. The monoisotopic (exact) mass is 436 g/mol. The highest BCUT2D eigenvalue weighted by Crippen LogP contribution is 2.44. The lowest BCUT2D eigenvalue weighted by atomic mass is 9.84. The summed E-state index contributed by atoms with van der Waals surface area (Å²) in [6.45, 7) is 0.310. The van der Waals surface area contributed by atoms with E-state index in [1.54, 1.807) is 0 Å². The zero-order valence-corrected chi connectivity index (χ0v) is 17.9. The fourth-order valence-corrected chi connectivity index (χ4v) is 4.83. The summed E-state index contributed by atoms with van der Waals surface area (Å²) in [5.74, 6) is -1.56. The Labute approximate surface area is 187 Å². The Morgan fingerprint density at radius 2 is 1.56 bits per heavy atom. The molecule has 2 aliphatic carbocycles. The number of carboxylic acids is 1. The lowest BCUT2D eigenvalue weighted by Gasteiger charge is -2.31. The van der Waals surface area contributed by atoms with Crippen molar-refractivity contribution in [3.8, 4) is 11.1 Å². The molecule has 0 radical (unpaired) electrons. The van der Waals surface area contributed by atoms with Crippen molar-refractivity contribution in [1.82, 2.24) is 10.6 Å². The van der Waals surface area contributed by atoms with Gasteiger partial charge in [-0.2, -0.15) is 0 Å². The number of rotatable bonds is 7. The minimum absolute atomic E-state index is 0.0189. The average molecular weight is 437 g/mol. The highest BCUT2D eigenvalue weighted by molar-refractivity contribution is 5.81. The van der Waals surface area contributed by atoms with Crippen LogP contribution in [0.4, 0.5) is 4.79 Å². The molecule has 1 fully saturated rings. The van der Waals surface area contributed by atoms with Crippen LogP contribution in [0.5, 0.6) is 0 Å². The number of carbonyl (C=O) groups excluding carboxylic acids is 2. The van der Waals surface area contributed by atoms with Gasteiger partial charge in [0.2, 0.25) is 5.91 Å². The lowest BCUT2D eigenvalue weighted by molar-refractivity contribution is -0.137. The summed E-state index contributed by atoms with van der Waals surface area (Å²) in [6, 6.07) is 16.0. The van der Waals surface area contributed by atoms with Crippen molar-refractivity contribution in [2.24, 2.45) is 5.92 Å². The molecule has 2 aromatic carbocycles. The molecular weight excluding hydrogens is 408 g/mol. The molecule has 2 aliphatic rings. The van der Waals surface area contributed by atoms with E-state index in [0.717, 1.165) is 24.0 Å². The minimum atomic E-state index is -0.956. The molecule has 2 amide bonds. The summed E-state index contributed by atoms with van der Waals surface area (Å²) < 4.78 is 5.62. The van der Waals surface area contributed by atoms with E-state index in [1.165, 1.54) is 11.1 Å². The van der Waals surface area contributed by atoms with Crippen LogP contribution in [0.15, 0.2) is 48.5 Å². The van der Waals surface area contributed by atoms with E-state index >= 15 is 0 Å². The van der Waals surface area contributed by atoms with E-state index in [4.69, 9.17) is 9.84 Å². The number of hydrogen-bond acceptors (Lipinski definition) is 4. The van der Waals surface area contributed by atoms with E-state index in [9.17, 15) is 14.4 Å². The predicted molar refractivity (Wildman–Crippen MR) is 119 cm³/mol. The van der Waals surface area contributed by atoms with Crippen molar-refractivity contribution in [2.75, 3.05) is 13.2 Å². The molecule has 0 aliphatic heterocycles. The first-order valence-electron chi connectivity index (χ1n) is 11.2. The van der Waals surface area contributed by atoms with Gasteiger partial charge in [0.1, 0.15) is 6.61 Å². The Morgan fingerprint density at radius 3 is 2.22 bits per heavy atom. The number of carboxylic acid groups (broad SMARTS) is 1. The van der Waals surface area contributed by atoms with E-state index in [-0.39, 0.29) is 43.4 Å². The molecule has 3 N–H and O–H groups in total. The molecule has 0 bridgehead atoms. The van der Waals surface area contributed by atoms with Crippen LogP contribution in [0.3, 0.4) is 0 Å². The van der Waals surface area contributed by atoms with Crippen molar-refractivity contribution in [2.45, 2.75) is 44.1 Å². The summed E-state index contributed by atoms with van der Waals surface area (Å²) in [7, 11) is 0. The molecule has 0 aromatic heterocycles. The summed E-state index contributed by atoms with van der Waals surface area (Å²) in [4.78, 5) is 35.8. The fourth-order valence-electron chi connectivity index (χ4n) is 4.83. The first-order chi connectivity index (χ1) is 15.5. The van der Waals surface area contributed by atoms with Crippen LogP contribution in [-0.4, -0.2) is 42.3 Å². The zero-order valence-electron chi connectivity index (χ0n) is 17.9. The molecule has 7 nitrogen and oxygen atoms in total. The summed E-state index contributed by atoms with van der Waals surface area (Å²) in [5.41, 5.74) is 4.63. The van der Waals surface area contributed by atoms with Crippen molar-refractivity contribution in [3.05, 3.63) is 59.7 Å². The number of fused-ring (bicyclic) bond motifs is 3. The van der Waals surface area contributed by atoms with E-state index in [1.807, 2.05) is 24.3 Å². The van der Waals surface area contributed by atoms with Crippen molar-refractivity contribution in [1.29, 1.82) is 0 Å². The smallest absolute Gasteiger partial charge is 0.407 e. The molecule has 4 rings (SSSR count). The van der Waals surface area contributed by atoms with Gasteiger partial charge in [0, 0.05) is 18.5 Å². The van der Waals surface area contributed by atoms with Crippen LogP contribution in [0.25, 0.3) is 11.1 Å². The van der Waals surface area contributed by atoms with E-state index in [0.29, 0.717) is 12.8 Å². The van der Waals surface area contributed by atoms with Gasteiger partial charge in [-0.25, -0.2) is 4.79 Å². The quantitative estimate of drug-likeness (QED) is 0.614. The van der Waals surface area contributed by atoms with Crippen molar-refractivity contribution < 1.29 is 24.2 Å². The topological polar surface area (TPSA) is 105 Å². The van der Waals surface area contributed by atoms with Gasteiger partial charge in [0.25, 0.3) is 0 Å². The number of alkyl carbamates (subject to hydrolysis) is 1. The summed E-state index contributed by atoms with van der Waals surface area (Å²) in [6.07, 6.45) is 2.53. The molecule has 0 heterocycles. The summed E-state index contributed by atoms with van der Waals surface area (Å²) >= 11 is 0. The number of aliphatic carboxylic acids is 1. The maximum atomic E-state index is 12.6. The Kier molecular flexibility index (Phi) is 6.73. The predicted octanol–water partition coefficient (Wildman–Crippen LogP) is 3.67. The first kappa shape index (κ1) is 21.9. The average Bonchev–Trinajstić information content (AvgIpc) is 3.11. The van der Waals surface area contributed by atoms with Gasteiger partial charge < -0.3 is 20.5 Å². The Hall–Kier alpha value is -3.35. The van der Waals surface area contributed by atoms with Crippen molar-refractivity contribution in [3.63, 3.8) is 0 Å². The van der Waals surface area contributed by atoms with Crippen LogP contribution in [0.1, 0.15) is 49.1 Å². The van der Waals surface area contributed by atoms with Gasteiger partial charge in [-0.1, -0.05) is 61.4 Å². The Bertz CT molecular complexity index is 960. The number of ether oxygens (including phenoxy) is 1. The molecule has 2 aromatic rings. The third-order valence-electron chi connectivity index (χ3n) is 6.39. The van der Waals surface area contributed by atoms with Gasteiger partial charge in [0.05, 0.1) is 12.3 Å². The standard InChI is InChI=1S/C25H28N2O5/c28-23(29)13-14-26-24(30)20-11-5-6-12-22(20)27-25(31)32-15-21-18-9-3-1-7-16(18)17-8-2-4-10-19(17)21/h1-4,7-10,20-22H,5-6,11-15H2,(H,26,30)(H,27,31)(H,28,29)/t20-,22+/m1/s1. The lowest BCUT2D eigenvalue weighted by Crippen LogP contribution is -2.48. The SMILES string of the molecule is O=C(O)CCNC(=O)[C@@H]1CCCC[C@@H]1NC(=O)OCC1c2ccccc2-c2ccccc21. The summed E-state index contributed by atoms with van der Waals surface area (Å²) in [5, 5.41) is 14.3. The third kappa shape index (κ3) is 4.77. The Balaban J connectivity index is 1.36. The molecule has 2 atom stereocenters. The minimum Gasteiger partial charge on any atom is -0.481 e. The van der Waals surface area contributed by atoms with Gasteiger partial charge in [0.15, 0.2) is 0 Å². The number of nitrogens with one attached hydrogen (secondary N) is 2. The molecular formula is C25H28N2O5. The normalized spacial score (nSPS) is 19.5. The number of benzene rings is 2. The molecule has 32 heavy (non-hydrogen) atoms. The second kappa shape index (κ2) is 9.85. The number of hydrogen-bond donors (Lipinski definition) is 3. The molecule has 168 valence electrons. The largest absolute Gasteiger partial charge is 0.481 e. The highest BCUT2D eigenvalue weighted by atomic mass is 16.5. The first-order valence-corrected chi connectivity index (χ1v) is 11.2. The third-order valence-corrected chi connectivity index (χ3v) is 6.39. The Morgan fingerprint density at radius 1 is 0.938 bits per heavy atom. The fraction of sp³-hybridized carbons (Fsp3) is 0.400. The molecule has 0 unspecified atom stereocenters. The van der Waals surface area contributed by atoms with Crippen LogP contribution in [0.2, 0.25) is 0 Å². The van der Waals surface area contributed by atoms with Crippen LogP contribution >= 0.6 is 0 Å². The molecule has 1 saturated carbocycles. The van der Waals surface area contributed by atoms with Gasteiger partial charge in [-0.05, 0) is 35.1 Å².